The molecule has 2 nitrogen and oxygen atoms in total. The molecule has 1 aliphatic rings. The second kappa shape index (κ2) is 3.45. The molecule has 0 spiro atoms. The summed E-state index contributed by atoms with van der Waals surface area (Å²) in [6.07, 6.45) is 2.40. The van der Waals surface area contributed by atoms with Crippen LogP contribution in [0.3, 0.4) is 0 Å². The average Bonchev–Trinajstić information content (AvgIpc) is 2.19. The SMILES string of the molecule is C[C@]1(c2ccccc2)CCCC(=O)O1. The summed E-state index contributed by atoms with van der Waals surface area (Å²) < 4.78 is 5.42. The van der Waals surface area contributed by atoms with Crippen molar-refractivity contribution in [3.63, 3.8) is 0 Å². The molecule has 1 aromatic carbocycles. The molecule has 1 aromatic rings. The lowest BCUT2D eigenvalue weighted by atomic mass is 9.88. The van der Waals surface area contributed by atoms with E-state index in [1.165, 1.54) is 0 Å². The zero-order chi connectivity index (χ0) is 10.0. The van der Waals surface area contributed by atoms with Gasteiger partial charge in [-0.3, -0.25) is 4.79 Å². The lowest BCUT2D eigenvalue weighted by molar-refractivity contribution is -0.166. The van der Waals surface area contributed by atoms with Gasteiger partial charge in [0, 0.05) is 6.42 Å². The lowest BCUT2D eigenvalue weighted by Gasteiger charge is -2.33. The van der Waals surface area contributed by atoms with Crippen molar-refractivity contribution >= 4 is 5.97 Å². The molecule has 1 atom stereocenters. The Kier molecular flexibility index (Phi) is 2.28. The summed E-state index contributed by atoms with van der Waals surface area (Å²) in [6.45, 7) is 1.99. The summed E-state index contributed by atoms with van der Waals surface area (Å²) in [5.41, 5.74) is 0.685. The quantitative estimate of drug-likeness (QED) is 0.636. The Hall–Kier alpha value is -1.31. The van der Waals surface area contributed by atoms with Crippen molar-refractivity contribution < 1.29 is 9.53 Å². The van der Waals surface area contributed by atoms with Crippen LogP contribution in [0.4, 0.5) is 0 Å². The van der Waals surface area contributed by atoms with Gasteiger partial charge in [-0.25, -0.2) is 0 Å². The zero-order valence-corrected chi connectivity index (χ0v) is 8.32. The van der Waals surface area contributed by atoms with Crippen LogP contribution in [-0.4, -0.2) is 5.97 Å². The first kappa shape index (κ1) is 9.25. The van der Waals surface area contributed by atoms with E-state index in [1.54, 1.807) is 0 Å². The molecule has 0 radical (unpaired) electrons. The van der Waals surface area contributed by atoms with Gasteiger partial charge in [0.2, 0.25) is 0 Å². The number of carbonyl (C=O) groups excluding carboxylic acids is 1. The summed E-state index contributed by atoms with van der Waals surface area (Å²) in [5.74, 6) is -0.0809. The van der Waals surface area contributed by atoms with Crippen LogP contribution in [0.2, 0.25) is 0 Å². The van der Waals surface area contributed by atoms with Crippen LogP contribution < -0.4 is 0 Å². The molecule has 1 saturated heterocycles. The van der Waals surface area contributed by atoms with Gasteiger partial charge < -0.3 is 4.74 Å². The molecule has 0 N–H and O–H groups in total. The molecule has 0 unspecified atom stereocenters. The Morgan fingerprint density at radius 3 is 2.64 bits per heavy atom. The highest BCUT2D eigenvalue weighted by Gasteiger charge is 2.33. The number of rotatable bonds is 1. The molecule has 14 heavy (non-hydrogen) atoms. The van der Waals surface area contributed by atoms with Gasteiger partial charge >= 0.3 is 5.97 Å². The lowest BCUT2D eigenvalue weighted by Crippen LogP contribution is -2.33. The number of esters is 1. The maximum atomic E-state index is 11.2. The van der Waals surface area contributed by atoms with E-state index in [4.69, 9.17) is 4.74 Å². The molecule has 0 bridgehead atoms. The van der Waals surface area contributed by atoms with Crippen LogP contribution in [-0.2, 0) is 15.1 Å². The third-order valence-electron chi connectivity index (χ3n) is 2.76. The Bertz CT molecular complexity index is 331. The van der Waals surface area contributed by atoms with Crippen LogP contribution in [0.5, 0.6) is 0 Å². The molecule has 2 heteroatoms. The molecule has 0 aromatic heterocycles. The fraction of sp³-hybridized carbons (Fsp3) is 0.417. The third kappa shape index (κ3) is 1.65. The van der Waals surface area contributed by atoms with Gasteiger partial charge in [-0.05, 0) is 25.3 Å². The molecule has 2 rings (SSSR count). The van der Waals surface area contributed by atoms with Crippen molar-refractivity contribution in [2.45, 2.75) is 31.8 Å². The van der Waals surface area contributed by atoms with Crippen molar-refractivity contribution in [3.05, 3.63) is 35.9 Å². The normalized spacial score (nSPS) is 27.1. The van der Waals surface area contributed by atoms with Crippen LogP contribution in [0.15, 0.2) is 30.3 Å². The molecule has 0 amide bonds. The predicted molar refractivity (Wildman–Crippen MR) is 53.7 cm³/mol. The highest BCUT2D eigenvalue weighted by molar-refractivity contribution is 5.70. The standard InChI is InChI=1S/C12H14O2/c1-12(9-5-8-11(13)14-12)10-6-3-2-4-7-10/h2-4,6-7H,5,8-9H2,1H3/t12-/m1/s1. The van der Waals surface area contributed by atoms with Gasteiger partial charge in [0.1, 0.15) is 5.60 Å². The Balaban J connectivity index is 2.27. The summed E-state index contributed by atoms with van der Waals surface area (Å²) in [6, 6.07) is 9.95. The maximum absolute atomic E-state index is 11.2. The van der Waals surface area contributed by atoms with Crippen molar-refractivity contribution in [1.82, 2.24) is 0 Å². The topological polar surface area (TPSA) is 26.3 Å². The van der Waals surface area contributed by atoms with Crippen molar-refractivity contribution in [2.75, 3.05) is 0 Å². The number of hydrogen-bond donors (Lipinski definition) is 0. The van der Waals surface area contributed by atoms with Crippen LogP contribution in [0.25, 0.3) is 0 Å². The van der Waals surface area contributed by atoms with Gasteiger partial charge in [0.25, 0.3) is 0 Å². The largest absolute Gasteiger partial charge is 0.454 e. The number of carbonyl (C=O) groups is 1. The van der Waals surface area contributed by atoms with E-state index in [2.05, 4.69) is 0 Å². The summed E-state index contributed by atoms with van der Waals surface area (Å²) in [7, 11) is 0. The zero-order valence-electron chi connectivity index (χ0n) is 8.32. The molecule has 74 valence electrons. The van der Waals surface area contributed by atoms with E-state index >= 15 is 0 Å². The number of cyclic esters (lactones) is 1. The van der Waals surface area contributed by atoms with Crippen molar-refractivity contribution in [3.8, 4) is 0 Å². The van der Waals surface area contributed by atoms with E-state index in [1.807, 2.05) is 37.3 Å². The smallest absolute Gasteiger partial charge is 0.306 e. The molecule has 1 aliphatic heterocycles. The first-order chi connectivity index (χ1) is 6.71. The highest BCUT2D eigenvalue weighted by Crippen LogP contribution is 2.34. The number of hydrogen-bond acceptors (Lipinski definition) is 2. The molecule has 1 heterocycles. The first-order valence-corrected chi connectivity index (χ1v) is 4.98. The molecular formula is C12H14O2. The van der Waals surface area contributed by atoms with Gasteiger partial charge in [-0.1, -0.05) is 30.3 Å². The number of benzene rings is 1. The van der Waals surface area contributed by atoms with E-state index < -0.39 is 5.60 Å². The molecule has 0 aliphatic carbocycles. The van der Waals surface area contributed by atoms with Crippen LogP contribution in [0.1, 0.15) is 31.7 Å². The maximum Gasteiger partial charge on any atom is 0.306 e. The Labute approximate surface area is 83.9 Å². The summed E-state index contributed by atoms with van der Waals surface area (Å²) in [5, 5.41) is 0. The van der Waals surface area contributed by atoms with Gasteiger partial charge in [0.15, 0.2) is 0 Å². The third-order valence-corrected chi connectivity index (χ3v) is 2.76. The second-order valence-corrected chi connectivity index (χ2v) is 3.92. The van der Waals surface area contributed by atoms with E-state index in [-0.39, 0.29) is 5.97 Å². The Morgan fingerprint density at radius 2 is 2.00 bits per heavy atom. The summed E-state index contributed by atoms with van der Waals surface area (Å²) in [4.78, 5) is 11.2. The summed E-state index contributed by atoms with van der Waals surface area (Å²) >= 11 is 0. The molecule has 1 fully saturated rings. The minimum atomic E-state index is -0.406. The highest BCUT2D eigenvalue weighted by atomic mass is 16.6. The van der Waals surface area contributed by atoms with E-state index in [9.17, 15) is 4.79 Å². The second-order valence-electron chi connectivity index (χ2n) is 3.92. The van der Waals surface area contributed by atoms with Gasteiger partial charge in [-0.15, -0.1) is 0 Å². The van der Waals surface area contributed by atoms with Crippen molar-refractivity contribution in [1.29, 1.82) is 0 Å². The fourth-order valence-corrected chi connectivity index (χ4v) is 1.92. The van der Waals surface area contributed by atoms with Gasteiger partial charge in [-0.2, -0.15) is 0 Å². The predicted octanol–water partition coefficient (Wildman–Crippen LogP) is 2.63. The number of ether oxygens (including phenoxy) is 1. The minimum Gasteiger partial charge on any atom is -0.454 e. The van der Waals surface area contributed by atoms with Crippen LogP contribution >= 0.6 is 0 Å². The van der Waals surface area contributed by atoms with E-state index in [0.717, 1.165) is 18.4 Å². The fourth-order valence-electron chi connectivity index (χ4n) is 1.92. The van der Waals surface area contributed by atoms with E-state index in [0.29, 0.717) is 6.42 Å². The van der Waals surface area contributed by atoms with Gasteiger partial charge in [0.05, 0.1) is 0 Å². The van der Waals surface area contributed by atoms with Crippen LogP contribution in [0, 0.1) is 0 Å². The Morgan fingerprint density at radius 1 is 1.29 bits per heavy atom. The van der Waals surface area contributed by atoms with Crippen molar-refractivity contribution in [2.24, 2.45) is 0 Å². The minimum absolute atomic E-state index is 0.0809. The molecule has 0 saturated carbocycles. The average molecular weight is 190 g/mol. The molecular weight excluding hydrogens is 176 g/mol. The first-order valence-electron chi connectivity index (χ1n) is 4.98. The monoisotopic (exact) mass is 190 g/mol.